The number of hydrazine groups is 1. The van der Waals surface area contributed by atoms with E-state index in [-0.39, 0.29) is 34.2 Å². The lowest BCUT2D eigenvalue weighted by atomic mass is 9.82. The fraction of sp³-hybridized carbons (Fsp3) is 0.312. The summed E-state index contributed by atoms with van der Waals surface area (Å²) in [5.41, 5.74) is 3.72. The average Bonchev–Trinajstić information content (AvgIpc) is 2.72. The van der Waals surface area contributed by atoms with Crippen molar-refractivity contribution in [1.82, 2.24) is 10.4 Å². The first-order valence-electron chi connectivity index (χ1n) is 7.08. The molecule has 1 N–H and O–H groups in total. The Balaban J connectivity index is 1.79. The maximum Gasteiger partial charge on any atom is 0.271 e. The molecule has 1 aliphatic carbocycles. The lowest BCUT2D eigenvalue weighted by Gasteiger charge is -2.18. The predicted molar refractivity (Wildman–Crippen MR) is 80.7 cm³/mol. The Hall–Kier alpha value is -2.14. The van der Waals surface area contributed by atoms with E-state index in [1.54, 1.807) is 24.3 Å². The van der Waals surface area contributed by atoms with Gasteiger partial charge in [-0.25, -0.2) is 0 Å². The maximum absolute atomic E-state index is 12.4. The van der Waals surface area contributed by atoms with Crippen molar-refractivity contribution in [1.29, 1.82) is 0 Å². The summed E-state index contributed by atoms with van der Waals surface area (Å²) in [6.07, 6.45) is 3.08. The SMILES string of the molecule is CC1=CC[C@@H]2C(=O)N(NC(=O)c3ccccc3Cl)C(=O)[C@@H]2C1. The summed E-state index contributed by atoms with van der Waals surface area (Å²) in [6.45, 7) is 1.94. The number of carbonyl (C=O) groups is 3. The molecule has 0 spiro atoms. The van der Waals surface area contributed by atoms with Crippen LogP contribution < -0.4 is 5.43 Å². The highest BCUT2D eigenvalue weighted by Crippen LogP contribution is 2.36. The van der Waals surface area contributed by atoms with Crippen molar-refractivity contribution in [2.24, 2.45) is 11.8 Å². The molecule has 1 aromatic carbocycles. The van der Waals surface area contributed by atoms with E-state index < -0.39 is 5.91 Å². The smallest absolute Gasteiger partial charge is 0.271 e. The third-order valence-corrected chi connectivity index (χ3v) is 4.48. The fourth-order valence-corrected chi connectivity index (χ4v) is 3.18. The second kappa shape index (κ2) is 5.57. The minimum atomic E-state index is -0.560. The molecule has 0 bridgehead atoms. The number of hydrogen-bond donors (Lipinski definition) is 1. The standard InChI is InChI=1S/C16H15ClN2O3/c1-9-6-7-10-12(8-9)16(22)19(15(10)21)18-14(20)11-4-2-3-5-13(11)17/h2-6,10,12H,7-8H2,1H3,(H,18,20)/t10-,12+/m0/s1. The summed E-state index contributed by atoms with van der Waals surface area (Å²) in [6, 6.07) is 6.49. The van der Waals surface area contributed by atoms with Gasteiger partial charge in [0.25, 0.3) is 17.7 Å². The second-order valence-electron chi connectivity index (χ2n) is 5.64. The molecule has 2 aliphatic rings. The topological polar surface area (TPSA) is 66.5 Å². The van der Waals surface area contributed by atoms with Gasteiger partial charge in [0.1, 0.15) is 0 Å². The van der Waals surface area contributed by atoms with Crippen molar-refractivity contribution in [2.75, 3.05) is 0 Å². The van der Waals surface area contributed by atoms with Gasteiger partial charge in [-0.05, 0) is 31.9 Å². The number of nitrogens with one attached hydrogen (secondary N) is 1. The molecule has 3 amide bonds. The number of amides is 3. The van der Waals surface area contributed by atoms with Gasteiger partial charge >= 0.3 is 0 Å². The van der Waals surface area contributed by atoms with Gasteiger partial charge in [0.2, 0.25) is 0 Å². The molecule has 22 heavy (non-hydrogen) atoms. The van der Waals surface area contributed by atoms with Crippen molar-refractivity contribution in [3.8, 4) is 0 Å². The Morgan fingerprint density at radius 1 is 1.23 bits per heavy atom. The van der Waals surface area contributed by atoms with Gasteiger partial charge in [0, 0.05) is 0 Å². The van der Waals surface area contributed by atoms with Gasteiger partial charge in [0.05, 0.1) is 22.4 Å². The molecule has 5 nitrogen and oxygen atoms in total. The first-order chi connectivity index (χ1) is 10.5. The van der Waals surface area contributed by atoms with Crippen LogP contribution in [0, 0.1) is 11.8 Å². The van der Waals surface area contributed by atoms with E-state index in [0.29, 0.717) is 12.8 Å². The Kier molecular flexibility index (Phi) is 3.74. The summed E-state index contributed by atoms with van der Waals surface area (Å²) >= 11 is 5.96. The number of fused-ring (bicyclic) bond motifs is 1. The van der Waals surface area contributed by atoms with Crippen LogP contribution in [-0.2, 0) is 9.59 Å². The molecule has 1 aliphatic heterocycles. The normalized spacial score (nSPS) is 24.1. The molecule has 6 heteroatoms. The van der Waals surface area contributed by atoms with Crippen LogP contribution in [0.5, 0.6) is 0 Å². The molecule has 0 radical (unpaired) electrons. The molecule has 1 fully saturated rings. The minimum Gasteiger partial charge on any atom is -0.272 e. The molecule has 114 valence electrons. The lowest BCUT2D eigenvalue weighted by molar-refractivity contribution is -0.142. The Morgan fingerprint density at radius 2 is 1.91 bits per heavy atom. The summed E-state index contributed by atoms with van der Waals surface area (Å²) in [7, 11) is 0. The van der Waals surface area contributed by atoms with Crippen LogP contribution in [-0.4, -0.2) is 22.7 Å². The van der Waals surface area contributed by atoms with Crippen LogP contribution in [0.1, 0.15) is 30.1 Å². The van der Waals surface area contributed by atoms with Crippen molar-refractivity contribution >= 4 is 29.3 Å². The van der Waals surface area contributed by atoms with Crippen LogP contribution in [0.2, 0.25) is 5.02 Å². The number of allylic oxidation sites excluding steroid dienone is 2. The first kappa shape index (κ1) is 14.8. The zero-order valence-corrected chi connectivity index (χ0v) is 12.8. The molecule has 0 aromatic heterocycles. The molecular weight excluding hydrogens is 304 g/mol. The van der Waals surface area contributed by atoms with E-state index in [2.05, 4.69) is 5.43 Å². The van der Waals surface area contributed by atoms with Crippen LogP contribution in [0.4, 0.5) is 0 Å². The molecule has 0 saturated carbocycles. The third kappa shape index (κ3) is 2.41. The van der Waals surface area contributed by atoms with Gasteiger partial charge < -0.3 is 0 Å². The largest absolute Gasteiger partial charge is 0.272 e. The number of nitrogens with zero attached hydrogens (tertiary/aromatic N) is 1. The van der Waals surface area contributed by atoms with E-state index in [1.807, 2.05) is 13.0 Å². The number of imide groups is 1. The van der Waals surface area contributed by atoms with E-state index in [0.717, 1.165) is 10.6 Å². The van der Waals surface area contributed by atoms with Crippen LogP contribution in [0.25, 0.3) is 0 Å². The Bertz CT molecular complexity index is 698. The van der Waals surface area contributed by atoms with Crippen LogP contribution in [0.15, 0.2) is 35.9 Å². The fourth-order valence-electron chi connectivity index (χ4n) is 2.95. The van der Waals surface area contributed by atoms with Crippen LogP contribution >= 0.6 is 11.6 Å². The first-order valence-corrected chi connectivity index (χ1v) is 7.46. The number of benzene rings is 1. The summed E-state index contributed by atoms with van der Waals surface area (Å²) in [5.74, 6) is -2.00. The van der Waals surface area contributed by atoms with Gasteiger partial charge in [-0.3, -0.25) is 19.8 Å². The zero-order chi connectivity index (χ0) is 15.9. The highest BCUT2D eigenvalue weighted by Gasteiger charge is 2.49. The highest BCUT2D eigenvalue weighted by molar-refractivity contribution is 6.33. The van der Waals surface area contributed by atoms with Crippen molar-refractivity contribution in [3.05, 3.63) is 46.5 Å². The minimum absolute atomic E-state index is 0.231. The number of halogens is 1. The van der Waals surface area contributed by atoms with E-state index in [1.165, 1.54) is 0 Å². The average molecular weight is 319 g/mol. The molecule has 1 aromatic rings. The second-order valence-corrected chi connectivity index (χ2v) is 6.04. The van der Waals surface area contributed by atoms with E-state index >= 15 is 0 Å². The predicted octanol–water partition coefficient (Wildman–Crippen LogP) is 2.33. The van der Waals surface area contributed by atoms with Crippen molar-refractivity contribution in [3.63, 3.8) is 0 Å². The quantitative estimate of drug-likeness (QED) is 0.672. The molecule has 3 rings (SSSR count). The Labute approximate surface area is 132 Å². The molecule has 2 atom stereocenters. The third-order valence-electron chi connectivity index (χ3n) is 4.15. The monoisotopic (exact) mass is 318 g/mol. The molecular formula is C16H15ClN2O3. The van der Waals surface area contributed by atoms with Gasteiger partial charge in [-0.15, -0.1) is 0 Å². The van der Waals surface area contributed by atoms with Crippen molar-refractivity contribution in [2.45, 2.75) is 19.8 Å². The highest BCUT2D eigenvalue weighted by atomic mass is 35.5. The van der Waals surface area contributed by atoms with E-state index in [4.69, 9.17) is 11.6 Å². The number of carbonyl (C=O) groups excluding carboxylic acids is 3. The Morgan fingerprint density at radius 3 is 2.64 bits per heavy atom. The molecule has 1 saturated heterocycles. The van der Waals surface area contributed by atoms with Gasteiger partial charge in [0.15, 0.2) is 0 Å². The van der Waals surface area contributed by atoms with Crippen molar-refractivity contribution < 1.29 is 14.4 Å². The number of hydrogen-bond acceptors (Lipinski definition) is 3. The summed E-state index contributed by atoms with van der Waals surface area (Å²) < 4.78 is 0. The lowest BCUT2D eigenvalue weighted by Crippen LogP contribution is -2.46. The number of rotatable bonds is 2. The summed E-state index contributed by atoms with van der Waals surface area (Å²) in [5, 5.41) is 1.13. The molecule has 0 unspecified atom stereocenters. The zero-order valence-electron chi connectivity index (χ0n) is 12.0. The van der Waals surface area contributed by atoms with Gasteiger partial charge in [-0.1, -0.05) is 35.4 Å². The maximum atomic E-state index is 12.4. The van der Waals surface area contributed by atoms with Crippen LogP contribution in [0.3, 0.4) is 0 Å². The molecule has 1 heterocycles. The van der Waals surface area contributed by atoms with E-state index in [9.17, 15) is 14.4 Å². The van der Waals surface area contributed by atoms with Gasteiger partial charge in [-0.2, -0.15) is 5.01 Å². The summed E-state index contributed by atoms with van der Waals surface area (Å²) in [4.78, 5) is 36.9.